The Bertz CT molecular complexity index is 137. The van der Waals surface area contributed by atoms with Crippen LogP contribution in [-0.4, -0.2) is 0 Å². The number of terminal acetylenes is 1. The highest BCUT2D eigenvalue weighted by atomic mass is 14.3. The summed E-state index contributed by atoms with van der Waals surface area (Å²) in [5.41, 5.74) is 0.0881. The molecule has 0 aromatic heterocycles. The van der Waals surface area contributed by atoms with Gasteiger partial charge in [0.05, 0.1) is 0 Å². The van der Waals surface area contributed by atoms with Crippen molar-refractivity contribution in [2.75, 3.05) is 0 Å². The normalized spacial score (nSPS) is 14.1. The van der Waals surface area contributed by atoms with Crippen molar-refractivity contribution in [2.45, 2.75) is 47.0 Å². The summed E-state index contributed by atoms with van der Waals surface area (Å²) in [4.78, 5) is 0. The number of hydrogen-bond donors (Lipinski definition) is 0. The third-order valence-corrected chi connectivity index (χ3v) is 2.52. The Morgan fingerprint density at radius 1 is 1.36 bits per heavy atom. The van der Waals surface area contributed by atoms with Gasteiger partial charge >= 0.3 is 0 Å². The molecule has 0 bridgehead atoms. The fourth-order valence-corrected chi connectivity index (χ4v) is 1.54. The molecule has 0 heteroatoms. The molecule has 11 heavy (non-hydrogen) atoms. The number of hydrogen-bond acceptors (Lipinski definition) is 0. The van der Waals surface area contributed by atoms with Crippen molar-refractivity contribution in [3.05, 3.63) is 0 Å². The molecule has 0 rings (SSSR count). The molecular formula is C11H20. The fourth-order valence-electron chi connectivity index (χ4n) is 1.54. The summed E-state index contributed by atoms with van der Waals surface area (Å²) < 4.78 is 0. The Hall–Kier alpha value is -0.440. The lowest BCUT2D eigenvalue weighted by Crippen LogP contribution is -2.21. The largest absolute Gasteiger partial charge is 0.120 e. The molecule has 0 heterocycles. The van der Waals surface area contributed by atoms with Crippen LogP contribution in [0, 0.1) is 23.7 Å². The highest BCUT2D eigenvalue weighted by Gasteiger charge is 2.24. The van der Waals surface area contributed by atoms with Gasteiger partial charge in [-0.15, -0.1) is 12.3 Å². The highest BCUT2D eigenvalue weighted by molar-refractivity contribution is 5.03. The zero-order valence-electron chi connectivity index (χ0n) is 8.28. The van der Waals surface area contributed by atoms with Crippen LogP contribution >= 0.6 is 0 Å². The Morgan fingerprint density at radius 2 is 1.91 bits per heavy atom. The van der Waals surface area contributed by atoms with Gasteiger partial charge in [0.1, 0.15) is 0 Å². The van der Waals surface area contributed by atoms with Gasteiger partial charge in [-0.1, -0.05) is 26.7 Å². The maximum Gasteiger partial charge on any atom is 0.0283 e. The minimum Gasteiger partial charge on any atom is -0.120 e. The zero-order chi connectivity index (χ0) is 8.91. The van der Waals surface area contributed by atoms with Gasteiger partial charge in [-0.25, -0.2) is 0 Å². The molecule has 1 unspecified atom stereocenters. The Balaban J connectivity index is 4.14. The lowest BCUT2D eigenvalue weighted by Gasteiger charge is -2.28. The molecular weight excluding hydrogens is 132 g/mol. The van der Waals surface area contributed by atoms with Crippen molar-refractivity contribution in [1.82, 2.24) is 0 Å². The average Bonchev–Trinajstić information content (AvgIpc) is 2.00. The maximum atomic E-state index is 5.46. The summed E-state index contributed by atoms with van der Waals surface area (Å²) >= 11 is 0. The molecule has 0 aliphatic carbocycles. The van der Waals surface area contributed by atoms with Gasteiger partial charge in [0, 0.05) is 5.41 Å². The topological polar surface area (TPSA) is 0 Å². The van der Waals surface area contributed by atoms with E-state index in [9.17, 15) is 0 Å². The van der Waals surface area contributed by atoms with Crippen LogP contribution in [0.5, 0.6) is 0 Å². The summed E-state index contributed by atoms with van der Waals surface area (Å²) in [5, 5.41) is 0. The second kappa shape index (κ2) is 4.44. The van der Waals surface area contributed by atoms with E-state index in [0.717, 1.165) is 0 Å². The standard InChI is InChI=1S/C11H20/c1-6-9-10(7-2)11(4,5)8-3/h3,10H,6-7,9H2,1-2,4-5H3. The predicted octanol–water partition coefficient (Wildman–Crippen LogP) is 3.47. The van der Waals surface area contributed by atoms with Crippen LogP contribution in [-0.2, 0) is 0 Å². The van der Waals surface area contributed by atoms with E-state index in [1.807, 2.05) is 0 Å². The highest BCUT2D eigenvalue weighted by Crippen LogP contribution is 2.31. The lowest BCUT2D eigenvalue weighted by atomic mass is 9.76. The summed E-state index contributed by atoms with van der Waals surface area (Å²) in [7, 11) is 0. The third-order valence-electron chi connectivity index (χ3n) is 2.52. The molecule has 0 N–H and O–H groups in total. The molecule has 0 aromatic rings. The molecule has 0 radical (unpaired) electrons. The smallest absolute Gasteiger partial charge is 0.0283 e. The summed E-state index contributed by atoms with van der Waals surface area (Å²) in [6.07, 6.45) is 9.16. The molecule has 0 aromatic carbocycles. The van der Waals surface area contributed by atoms with Gasteiger partial charge in [-0.05, 0) is 26.2 Å². The Morgan fingerprint density at radius 3 is 2.18 bits per heavy atom. The first-order valence-electron chi connectivity index (χ1n) is 4.56. The van der Waals surface area contributed by atoms with Crippen molar-refractivity contribution in [2.24, 2.45) is 11.3 Å². The van der Waals surface area contributed by atoms with Gasteiger partial charge in [-0.2, -0.15) is 0 Å². The first-order chi connectivity index (χ1) is 5.08. The van der Waals surface area contributed by atoms with E-state index in [1.54, 1.807) is 0 Å². The second-order valence-corrected chi connectivity index (χ2v) is 3.76. The average molecular weight is 152 g/mol. The van der Waals surface area contributed by atoms with Crippen LogP contribution in [0.4, 0.5) is 0 Å². The Labute approximate surface area is 71.4 Å². The second-order valence-electron chi connectivity index (χ2n) is 3.76. The van der Waals surface area contributed by atoms with E-state index < -0.39 is 0 Å². The van der Waals surface area contributed by atoms with E-state index in [0.29, 0.717) is 5.92 Å². The molecule has 0 aliphatic rings. The summed E-state index contributed by atoms with van der Waals surface area (Å²) in [6.45, 7) is 8.77. The Kier molecular flexibility index (Phi) is 4.26. The molecule has 0 amide bonds. The van der Waals surface area contributed by atoms with Crippen molar-refractivity contribution < 1.29 is 0 Å². The maximum absolute atomic E-state index is 5.46. The monoisotopic (exact) mass is 152 g/mol. The number of rotatable bonds is 4. The zero-order valence-corrected chi connectivity index (χ0v) is 8.28. The molecule has 0 saturated heterocycles. The summed E-state index contributed by atoms with van der Waals surface area (Å²) in [6, 6.07) is 0. The van der Waals surface area contributed by atoms with Crippen LogP contribution in [0.3, 0.4) is 0 Å². The van der Waals surface area contributed by atoms with Crippen LogP contribution in [0.1, 0.15) is 47.0 Å². The van der Waals surface area contributed by atoms with E-state index >= 15 is 0 Å². The van der Waals surface area contributed by atoms with E-state index in [-0.39, 0.29) is 5.41 Å². The minimum atomic E-state index is 0.0881. The fraction of sp³-hybridized carbons (Fsp3) is 0.818. The van der Waals surface area contributed by atoms with Crippen LogP contribution in [0.2, 0.25) is 0 Å². The van der Waals surface area contributed by atoms with E-state index in [4.69, 9.17) is 6.42 Å². The molecule has 0 nitrogen and oxygen atoms in total. The van der Waals surface area contributed by atoms with Crippen LogP contribution in [0.15, 0.2) is 0 Å². The molecule has 0 spiro atoms. The first kappa shape index (κ1) is 10.6. The minimum absolute atomic E-state index is 0.0881. The predicted molar refractivity (Wildman–Crippen MR) is 51.3 cm³/mol. The van der Waals surface area contributed by atoms with Crippen molar-refractivity contribution >= 4 is 0 Å². The van der Waals surface area contributed by atoms with Crippen LogP contribution < -0.4 is 0 Å². The molecule has 0 saturated carbocycles. The van der Waals surface area contributed by atoms with Crippen molar-refractivity contribution in [1.29, 1.82) is 0 Å². The van der Waals surface area contributed by atoms with E-state index in [1.165, 1.54) is 19.3 Å². The quantitative estimate of drug-likeness (QED) is 0.541. The van der Waals surface area contributed by atoms with Gasteiger partial charge in [-0.3, -0.25) is 0 Å². The summed E-state index contributed by atoms with van der Waals surface area (Å²) in [5.74, 6) is 3.57. The van der Waals surface area contributed by atoms with Crippen molar-refractivity contribution in [3.63, 3.8) is 0 Å². The third kappa shape index (κ3) is 2.97. The molecule has 0 aliphatic heterocycles. The molecule has 1 atom stereocenters. The van der Waals surface area contributed by atoms with Crippen LogP contribution in [0.25, 0.3) is 0 Å². The van der Waals surface area contributed by atoms with Gasteiger partial charge in [0.25, 0.3) is 0 Å². The molecule has 64 valence electrons. The van der Waals surface area contributed by atoms with E-state index in [2.05, 4.69) is 33.6 Å². The van der Waals surface area contributed by atoms with Gasteiger partial charge in [0.2, 0.25) is 0 Å². The van der Waals surface area contributed by atoms with Gasteiger partial charge in [0.15, 0.2) is 0 Å². The van der Waals surface area contributed by atoms with Gasteiger partial charge < -0.3 is 0 Å². The lowest BCUT2D eigenvalue weighted by molar-refractivity contribution is 0.268. The van der Waals surface area contributed by atoms with Crippen molar-refractivity contribution in [3.8, 4) is 12.3 Å². The SMILES string of the molecule is C#CC(C)(C)C(CC)CCC. The first-order valence-corrected chi connectivity index (χ1v) is 4.56. The molecule has 0 fully saturated rings.